The van der Waals surface area contributed by atoms with E-state index in [0.29, 0.717) is 12.8 Å². The number of hydrogen-bond donors (Lipinski definition) is 2. The van der Waals surface area contributed by atoms with Gasteiger partial charge in [0.15, 0.2) is 0 Å². The zero-order chi connectivity index (χ0) is 14.5. The molecule has 2 aromatic rings. The summed E-state index contributed by atoms with van der Waals surface area (Å²) >= 11 is 0. The number of carbonyl (C=O) groups is 1. The lowest BCUT2D eigenvalue weighted by Gasteiger charge is -2.11. The normalized spacial score (nSPS) is 12.2. The first-order valence-electron chi connectivity index (χ1n) is 6.73. The van der Waals surface area contributed by atoms with Crippen molar-refractivity contribution in [2.24, 2.45) is 5.73 Å². The van der Waals surface area contributed by atoms with Crippen molar-refractivity contribution < 1.29 is 4.79 Å². The molecule has 0 aliphatic heterocycles. The number of carbonyl (C=O) groups excluding carboxylic acids is 1. The van der Waals surface area contributed by atoms with E-state index in [0.717, 1.165) is 17.1 Å². The van der Waals surface area contributed by atoms with Crippen molar-refractivity contribution in [1.29, 1.82) is 0 Å². The van der Waals surface area contributed by atoms with Crippen molar-refractivity contribution >= 4 is 11.6 Å². The molecule has 0 bridgehead atoms. The molecule has 2 rings (SSSR count). The number of amides is 1. The second-order valence-electron chi connectivity index (χ2n) is 4.98. The van der Waals surface area contributed by atoms with Gasteiger partial charge in [-0.1, -0.05) is 12.1 Å². The number of hydrogen-bond acceptors (Lipinski definition) is 3. The Hall–Kier alpha value is -2.14. The molecular formula is C15H20N4O. The van der Waals surface area contributed by atoms with Gasteiger partial charge in [-0.05, 0) is 38.5 Å². The van der Waals surface area contributed by atoms with Crippen LogP contribution in [0.1, 0.15) is 25.5 Å². The highest BCUT2D eigenvalue weighted by molar-refractivity contribution is 5.92. The van der Waals surface area contributed by atoms with E-state index in [9.17, 15) is 4.79 Å². The maximum atomic E-state index is 11.9. The predicted octanol–water partition coefficient (Wildman–Crippen LogP) is 2.25. The average molecular weight is 272 g/mol. The number of nitrogens with two attached hydrogens (primary N) is 1. The molecule has 0 saturated heterocycles. The van der Waals surface area contributed by atoms with E-state index in [1.54, 1.807) is 4.68 Å². The molecular weight excluding hydrogens is 252 g/mol. The van der Waals surface area contributed by atoms with Gasteiger partial charge in [-0.25, -0.2) is 4.68 Å². The zero-order valence-electron chi connectivity index (χ0n) is 11.8. The van der Waals surface area contributed by atoms with Gasteiger partial charge in [0, 0.05) is 18.7 Å². The maximum absolute atomic E-state index is 11.9. The van der Waals surface area contributed by atoms with Gasteiger partial charge >= 0.3 is 0 Å². The quantitative estimate of drug-likeness (QED) is 0.876. The standard InChI is InChI=1S/C15H20N4O/c1-11(16)7-8-15(20)17-13-5-3-4-6-14(13)19-10-9-12(2)18-19/h3-6,9-11H,7-8,16H2,1-2H3,(H,17,20). The van der Waals surface area contributed by atoms with Crippen LogP contribution >= 0.6 is 0 Å². The van der Waals surface area contributed by atoms with Crippen molar-refractivity contribution in [1.82, 2.24) is 9.78 Å². The summed E-state index contributed by atoms with van der Waals surface area (Å²) in [4.78, 5) is 11.9. The van der Waals surface area contributed by atoms with E-state index in [4.69, 9.17) is 5.73 Å². The van der Waals surface area contributed by atoms with Crippen LogP contribution in [-0.4, -0.2) is 21.7 Å². The average Bonchev–Trinajstić information content (AvgIpc) is 2.83. The van der Waals surface area contributed by atoms with Gasteiger partial charge in [0.1, 0.15) is 0 Å². The Bertz CT molecular complexity index is 589. The number of benzene rings is 1. The molecule has 0 saturated carbocycles. The SMILES string of the molecule is Cc1ccn(-c2ccccc2NC(=O)CCC(C)N)n1. The van der Waals surface area contributed by atoms with Crippen LogP contribution < -0.4 is 11.1 Å². The molecule has 0 aliphatic carbocycles. The lowest BCUT2D eigenvalue weighted by molar-refractivity contribution is -0.116. The summed E-state index contributed by atoms with van der Waals surface area (Å²) < 4.78 is 1.76. The molecule has 1 atom stereocenters. The molecule has 1 unspecified atom stereocenters. The van der Waals surface area contributed by atoms with Crippen molar-refractivity contribution in [3.8, 4) is 5.69 Å². The summed E-state index contributed by atoms with van der Waals surface area (Å²) in [5.74, 6) is -0.0290. The Balaban J connectivity index is 2.14. The summed E-state index contributed by atoms with van der Waals surface area (Å²) in [6.45, 7) is 3.83. The second-order valence-corrected chi connectivity index (χ2v) is 4.98. The van der Waals surface area contributed by atoms with E-state index >= 15 is 0 Å². The Morgan fingerprint density at radius 3 is 2.80 bits per heavy atom. The molecule has 0 aliphatic rings. The Labute approximate surface area is 118 Å². The molecule has 1 aromatic heterocycles. The molecule has 5 nitrogen and oxygen atoms in total. The first-order chi connectivity index (χ1) is 9.56. The van der Waals surface area contributed by atoms with E-state index in [1.165, 1.54) is 0 Å². The van der Waals surface area contributed by atoms with Crippen LogP contribution in [-0.2, 0) is 4.79 Å². The minimum Gasteiger partial charge on any atom is -0.328 e. The van der Waals surface area contributed by atoms with Gasteiger partial charge in [0.25, 0.3) is 0 Å². The molecule has 0 radical (unpaired) electrons. The molecule has 3 N–H and O–H groups in total. The van der Waals surface area contributed by atoms with Crippen LogP contribution in [0.25, 0.3) is 5.69 Å². The van der Waals surface area contributed by atoms with Gasteiger partial charge < -0.3 is 11.1 Å². The fourth-order valence-corrected chi connectivity index (χ4v) is 1.90. The van der Waals surface area contributed by atoms with Crippen LogP contribution in [0.5, 0.6) is 0 Å². The number of rotatable bonds is 5. The summed E-state index contributed by atoms with van der Waals surface area (Å²) in [7, 11) is 0. The molecule has 1 amide bonds. The Morgan fingerprint density at radius 1 is 1.40 bits per heavy atom. The van der Waals surface area contributed by atoms with E-state index in [2.05, 4.69) is 10.4 Å². The van der Waals surface area contributed by atoms with Gasteiger partial charge in [-0.15, -0.1) is 0 Å². The highest BCUT2D eigenvalue weighted by Gasteiger charge is 2.09. The third-order valence-corrected chi connectivity index (χ3v) is 2.97. The summed E-state index contributed by atoms with van der Waals surface area (Å²) in [6, 6.07) is 9.56. The highest BCUT2D eigenvalue weighted by atomic mass is 16.1. The number of aromatic nitrogens is 2. The van der Waals surface area contributed by atoms with Crippen molar-refractivity contribution in [3.63, 3.8) is 0 Å². The molecule has 0 fully saturated rings. The molecule has 0 spiro atoms. The van der Waals surface area contributed by atoms with Crippen LogP contribution in [0.4, 0.5) is 5.69 Å². The summed E-state index contributed by atoms with van der Waals surface area (Å²) in [6.07, 6.45) is 2.97. The molecule has 5 heteroatoms. The number of nitrogens with one attached hydrogen (secondary N) is 1. The van der Waals surface area contributed by atoms with Crippen LogP contribution in [0, 0.1) is 6.92 Å². The minimum absolute atomic E-state index is 0.0290. The van der Waals surface area contributed by atoms with Crippen molar-refractivity contribution in [2.75, 3.05) is 5.32 Å². The Morgan fingerprint density at radius 2 is 2.15 bits per heavy atom. The molecule has 106 valence electrons. The monoisotopic (exact) mass is 272 g/mol. The van der Waals surface area contributed by atoms with E-state index in [-0.39, 0.29) is 11.9 Å². The number of para-hydroxylation sites is 2. The largest absolute Gasteiger partial charge is 0.328 e. The smallest absolute Gasteiger partial charge is 0.224 e. The lowest BCUT2D eigenvalue weighted by atomic mass is 10.2. The van der Waals surface area contributed by atoms with Crippen LogP contribution in [0.15, 0.2) is 36.5 Å². The van der Waals surface area contributed by atoms with Crippen LogP contribution in [0.2, 0.25) is 0 Å². The van der Waals surface area contributed by atoms with Crippen LogP contribution in [0.3, 0.4) is 0 Å². The molecule has 20 heavy (non-hydrogen) atoms. The maximum Gasteiger partial charge on any atom is 0.224 e. The lowest BCUT2D eigenvalue weighted by Crippen LogP contribution is -2.20. The number of anilines is 1. The van der Waals surface area contributed by atoms with Gasteiger partial charge in [-0.2, -0.15) is 5.10 Å². The van der Waals surface area contributed by atoms with E-state index in [1.807, 2.05) is 50.4 Å². The molecule has 1 aromatic carbocycles. The van der Waals surface area contributed by atoms with Gasteiger partial charge in [-0.3, -0.25) is 4.79 Å². The fourth-order valence-electron chi connectivity index (χ4n) is 1.90. The first-order valence-corrected chi connectivity index (χ1v) is 6.73. The minimum atomic E-state index is -0.0290. The zero-order valence-corrected chi connectivity index (χ0v) is 11.8. The summed E-state index contributed by atoms with van der Waals surface area (Å²) in [5.41, 5.74) is 8.21. The summed E-state index contributed by atoms with van der Waals surface area (Å²) in [5, 5.41) is 7.29. The second kappa shape index (κ2) is 6.34. The number of aryl methyl sites for hydroxylation is 1. The molecule has 1 heterocycles. The van der Waals surface area contributed by atoms with Crippen molar-refractivity contribution in [3.05, 3.63) is 42.2 Å². The third kappa shape index (κ3) is 3.68. The van der Waals surface area contributed by atoms with Gasteiger partial charge in [0.05, 0.1) is 17.1 Å². The van der Waals surface area contributed by atoms with E-state index < -0.39 is 0 Å². The predicted molar refractivity (Wildman–Crippen MR) is 79.8 cm³/mol. The highest BCUT2D eigenvalue weighted by Crippen LogP contribution is 2.19. The van der Waals surface area contributed by atoms with Gasteiger partial charge in [0.2, 0.25) is 5.91 Å². The van der Waals surface area contributed by atoms with Crippen molar-refractivity contribution in [2.45, 2.75) is 32.7 Å². The first kappa shape index (κ1) is 14.3. The third-order valence-electron chi connectivity index (χ3n) is 2.97. The number of nitrogens with zero attached hydrogens (tertiary/aromatic N) is 2. The fraction of sp³-hybridized carbons (Fsp3) is 0.333. The topological polar surface area (TPSA) is 72.9 Å². The Kier molecular flexibility index (Phi) is 4.53.